The topological polar surface area (TPSA) is 106 Å². The molecule has 2 aromatic rings. The second kappa shape index (κ2) is 7.45. The summed E-state index contributed by atoms with van der Waals surface area (Å²) in [6.07, 6.45) is 5.84. The second-order valence-electron chi connectivity index (χ2n) is 5.75. The number of nitrogens with zero attached hydrogens (tertiary/aromatic N) is 5. The summed E-state index contributed by atoms with van der Waals surface area (Å²) >= 11 is 0. The molecule has 128 valence electrons. The van der Waals surface area contributed by atoms with Gasteiger partial charge < -0.3 is 14.6 Å². The molecule has 24 heavy (non-hydrogen) atoms. The summed E-state index contributed by atoms with van der Waals surface area (Å²) < 4.78 is 10.3. The van der Waals surface area contributed by atoms with E-state index < -0.39 is 0 Å². The molecule has 1 aliphatic rings. The Kier molecular flexibility index (Phi) is 5.11. The summed E-state index contributed by atoms with van der Waals surface area (Å²) in [4.78, 5) is 26.5. The first-order valence-corrected chi connectivity index (χ1v) is 7.76. The SMILES string of the molecule is COCCC(=O)N[C@H]1C[C@@H](c2nc(-c3cnccn3)no2)N(C)C1. The Morgan fingerprint density at radius 1 is 1.50 bits per heavy atom. The van der Waals surface area contributed by atoms with Crippen LogP contribution in [0.15, 0.2) is 23.1 Å². The molecular weight excluding hydrogens is 312 g/mol. The smallest absolute Gasteiger partial charge is 0.244 e. The third kappa shape index (κ3) is 3.74. The third-order valence-corrected chi connectivity index (χ3v) is 3.97. The maximum Gasteiger partial charge on any atom is 0.244 e. The number of likely N-dealkylation sites (tertiary alicyclic amines) is 1. The molecule has 1 N–H and O–H groups in total. The Labute approximate surface area is 139 Å². The van der Waals surface area contributed by atoms with Crippen molar-refractivity contribution in [1.29, 1.82) is 0 Å². The molecule has 0 unspecified atom stereocenters. The molecule has 2 atom stereocenters. The van der Waals surface area contributed by atoms with Crippen LogP contribution in [-0.2, 0) is 9.53 Å². The Morgan fingerprint density at radius 3 is 3.12 bits per heavy atom. The third-order valence-electron chi connectivity index (χ3n) is 3.97. The fourth-order valence-corrected chi connectivity index (χ4v) is 2.78. The van der Waals surface area contributed by atoms with Gasteiger partial charge in [-0.15, -0.1) is 0 Å². The van der Waals surface area contributed by atoms with Gasteiger partial charge in [0, 0.05) is 38.5 Å². The molecule has 1 amide bonds. The summed E-state index contributed by atoms with van der Waals surface area (Å²) in [6.45, 7) is 1.15. The number of hydrogen-bond acceptors (Lipinski definition) is 8. The van der Waals surface area contributed by atoms with Gasteiger partial charge in [0.15, 0.2) is 0 Å². The number of amides is 1. The van der Waals surface area contributed by atoms with E-state index in [1.165, 1.54) is 0 Å². The minimum absolute atomic E-state index is 0.0123. The predicted octanol–water partition coefficient (Wildman–Crippen LogP) is 0.425. The lowest BCUT2D eigenvalue weighted by Crippen LogP contribution is -2.36. The number of methoxy groups -OCH3 is 1. The van der Waals surface area contributed by atoms with Crippen LogP contribution in [0, 0.1) is 0 Å². The zero-order chi connectivity index (χ0) is 16.9. The largest absolute Gasteiger partial charge is 0.384 e. The van der Waals surface area contributed by atoms with Crippen LogP contribution < -0.4 is 5.32 Å². The standard InChI is InChI=1S/C15H20N6O3/c1-21-9-10(18-13(22)3-6-23-2)7-12(21)15-19-14(20-24-15)11-8-16-4-5-17-11/h4-5,8,10,12H,3,6-7,9H2,1-2H3,(H,18,22)/t10-,12-/m0/s1. The molecule has 0 radical (unpaired) electrons. The quantitative estimate of drug-likeness (QED) is 0.811. The zero-order valence-electron chi connectivity index (χ0n) is 13.7. The highest BCUT2D eigenvalue weighted by Crippen LogP contribution is 2.30. The van der Waals surface area contributed by atoms with Crippen molar-refractivity contribution in [3.63, 3.8) is 0 Å². The fourth-order valence-electron chi connectivity index (χ4n) is 2.78. The monoisotopic (exact) mass is 332 g/mol. The van der Waals surface area contributed by atoms with Gasteiger partial charge in [0.05, 0.1) is 18.8 Å². The van der Waals surface area contributed by atoms with Gasteiger partial charge in [-0.3, -0.25) is 14.7 Å². The maximum absolute atomic E-state index is 11.8. The minimum atomic E-state index is -0.0318. The number of carbonyl (C=O) groups excluding carboxylic acids is 1. The van der Waals surface area contributed by atoms with Crippen molar-refractivity contribution in [3.05, 3.63) is 24.5 Å². The number of likely N-dealkylation sites (N-methyl/N-ethyl adjacent to an activating group) is 1. The first-order valence-electron chi connectivity index (χ1n) is 7.76. The van der Waals surface area contributed by atoms with Crippen molar-refractivity contribution in [2.24, 2.45) is 0 Å². The molecule has 0 saturated carbocycles. The number of ether oxygens (including phenoxy) is 1. The highest BCUT2D eigenvalue weighted by molar-refractivity contribution is 5.76. The number of rotatable bonds is 6. The van der Waals surface area contributed by atoms with E-state index in [1.54, 1.807) is 25.7 Å². The maximum atomic E-state index is 11.8. The molecule has 0 aromatic carbocycles. The van der Waals surface area contributed by atoms with Crippen LogP contribution in [0.25, 0.3) is 11.5 Å². The van der Waals surface area contributed by atoms with E-state index in [1.807, 2.05) is 7.05 Å². The number of nitrogens with one attached hydrogen (secondary N) is 1. The second-order valence-corrected chi connectivity index (χ2v) is 5.75. The van der Waals surface area contributed by atoms with Crippen molar-refractivity contribution in [2.45, 2.75) is 24.9 Å². The van der Waals surface area contributed by atoms with E-state index in [-0.39, 0.29) is 18.0 Å². The van der Waals surface area contributed by atoms with Crippen molar-refractivity contribution in [2.75, 3.05) is 27.3 Å². The summed E-state index contributed by atoms with van der Waals surface area (Å²) in [7, 11) is 3.55. The van der Waals surface area contributed by atoms with Gasteiger partial charge in [-0.05, 0) is 13.5 Å². The Bertz CT molecular complexity index is 677. The lowest BCUT2D eigenvalue weighted by atomic mass is 10.1. The van der Waals surface area contributed by atoms with Crippen LogP contribution in [0.3, 0.4) is 0 Å². The first-order chi connectivity index (χ1) is 11.7. The van der Waals surface area contributed by atoms with E-state index in [0.717, 1.165) is 13.0 Å². The van der Waals surface area contributed by atoms with E-state index in [2.05, 4.69) is 30.3 Å². The normalized spacial score (nSPS) is 21.1. The molecular formula is C15H20N6O3. The molecule has 1 aliphatic heterocycles. The van der Waals surface area contributed by atoms with Crippen LogP contribution in [0.4, 0.5) is 0 Å². The van der Waals surface area contributed by atoms with Gasteiger partial charge in [-0.2, -0.15) is 4.98 Å². The van der Waals surface area contributed by atoms with Crippen LogP contribution in [0.5, 0.6) is 0 Å². The lowest BCUT2D eigenvalue weighted by Gasteiger charge is -2.14. The van der Waals surface area contributed by atoms with Gasteiger partial charge >= 0.3 is 0 Å². The molecule has 2 aromatic heterocycles. The molecule has 1 fully saturated rings. The van der Waals surface area contributed by atoms with Crippen molar-refractivity contribution < 1.29 is 14.1 Å². The first kappa shape index (κ1) is 16.5. The van der Waals surface area contributed by atoms with E-state index >= 15 is 0 Å². The van der Waals surface area contributed by atoms with Crippen molar-refractivity contribution in [1.82, 2.24) is 30.3 Å². The summed E-state index contributed by atoms with van der Waals surface area (Å²) in [6, 6.07) is 0.0202. The molecule has 3 heterocycles. The van der Waals surface area contributed by atoms with Gasteiger partial charge in [0.1, 0.15) is 5.69 Å². The van der Waals surface area contributed by atoms with Gasteiger partial charge in [0.25, 0.3) is 0 Å². The lowest BCUT2D eigenvalue weighted by molar-refractivity contribution is -0.122. The zero-order valence-corrected chi connectivity index (χ0v) is 13.7. The van der Waals surface area contributed by atoms with Gasteiger partial charge in [-0.1, -0.05) is 5.16 Å². The minimum Gasteiger partial charge on any atom is -0.384 e. The number of hydrogen-bond donors (Lipinski definition) is 1. The summed E-state index contributed by atoms with van der Waals surface area (Å²) in [5.74, 6) is 0.924. The molecule has 9 nitrogen and oxygen atoms in total. The molecule has 9 heteroatoms. The fraction of sp³-hybridized carbons (Fsp3) is 0.533. The van der Waals surface area contributed by atoms with E-state index in [9.17, 15) is 4.79 Å². The molecule has 0 aliphatic carbocycles. The summed E-state index contributed by atoms with van der Waals surface area (Å²) in [5.41, 5.74) is 0.567. The molecule has 1 saturated heterocycles. The summed E-state index contributed by atoms with van der Waals surface area (Å²) in [5, 5.41) is 6.98. The van der Waals surface area contributed by atoms with Crippen molar-refractivity contribution >= 4 is 5.91 Å². The average molecular weight is 332 g/mol. The van der Waals surface area contributed by atoms with Crippen molar-refractivity contribution in [3.8, 4) is 11.5 Å². The highest BCUT2D eigenvalue weighted by atomic mass is 16.5. The predicted molar refractivity (Wildman–Crippen MR) is 83.7 cm³/mol. The molecule has 0 bridgehead atoms. The molecule has 3 rings (SSSR count). The van der Waals surface area contributed by atoms with E-state index in [4.69, 9.17) is 9.26 Å². The number of carbonyl (C=O) groups is 1. The Hall–Kier alpha value is -2.39. The Morgan fingerprint density at radius 2 is 2.38 bits per heavy atom. The van der Waals surface area contributed by atoms with E-state index in [0.29, 0.717) is 30.4 Å². The van der Waals surface area contributed by atoms with Crippen LogP contribution in [0.1, 0.15) is 24.8 Å². The molecule has 0 spiro atoms. The Balaban J connectivity index is 1.63. The average Bonchev–Trinajstić information content (AvgIpc) is 3.20. The van der Waals surface area contributed by atoms with Crippen LogP contribution in [-0.4, -0.2) is 64.3 Å². The van der Waals surface area contributed by atoms with Gasteiger partial charge in [0.2, 0.25) is 17.6 Å². The van der Waals surface area contributed by atoms with Gasteiger partial charge in [-0.25, -0.2) is 4.98 Å². The van der Waals surface area contributed by atoms with Crippen LogP contribution in [0.2, 0.25) is 0 Å². The van der Waals surface area contributed by atoms with Crippen LogP contribution >= 0.6 is 0 Å². The number of aromatic nitrogens is 4. The highest BCUT2D eigenvalue weighted by Gasteiger charge is 2.35.